The molecule has 0 aliphatic carbocycles. The fraction of sp³-hybridized carbons (Fsp3) is 0.235. The van der Waals surface area contributed by atoms with Gasteiger partial charge in [0.1, 0.15) is 12.1 Å². The van der Waals surface area contributed by atoms with Gasteiger partial charge < -0.3 is 14.4 Å². The lowest BCUT2D eigenvalue weighted by molar-refractivity contribution is -0.129. The van der Waals surface area contributed by atoms with Crippen molar-refractivity contribution >= 4 is 18.1 Å². The first-order chi connectivity index (χ1) is 11.7. The second-order valence-corrected chi connectivity index (χ2v) is 5.18. The van der Waals surface area contributed by atoms with Crippen molar-refractivity contribution in [3.8, 4) is 5.75 Å². The monoisotopic (exact) mass is 327 g/mol. The number of hydrogen-bond donors (Lipinski definition) is 0. The minimum Gasteiger partial charge on any atom is -0.410 e. The summed E-state index contributed by atoms with van der Waals surface area (Å²) in [6.45, 7) is 2.34. The number of benzene rings is 1. The number of carbonyl (C=O) groups excluding carboxylic acids is 2. The summed E-state index contributed by atoms with van der Waals surface area (Å²) in [5.41, 5.74) is 0.771. The van der Waals surface area contributed by atoms with Gasteiger partial charge in [0.05, 0.1) is 13.2 Å². The van der Waals surface area contributed by atoms with Crippen LogP contribution in [-0.4, -0.2) is 52.8 Å². The van der Waals surface area contributed by atoms with E-state index >= 15 is 0 Å². The Morgan fingerprint density at radius 2 is 2.08 bits per heavy atom. The molecule has 1 saturated heterocycles. The quantitative estimate of drug-likeness (QED) is 0.804. The molecule has 0 radical (unpaired) electrons. The number of aromatic nitrogens is 2. The third-order valence-corrected chi connectivity index (χ3v) is 3.52. The Kier molecular flexibility index (Phi) is 5.02. The van der Waals surface area contributed by atoms with Crippen LogP contribution in [0.3, 0.4) is 0 Å². The molecule has 2 aromatic rings. The first-order valence-electron chi connectivity index (χ1n) is 7.57. The van der Waals surface area contributed by atoms with E-state index in [4.69, 9.17) is 9.47 Å². The van der Waals surface area contributed by atoms with Crippen molar-refractivity contribution in [3.05, 3.63) is 54.6 Å². The predicted octanol–water partition coefficient (Wildman–Crippen LogP) is 1.80. The maximum absolute atomic E-state index is 12.1. The molecule has 0 atom stereocenters. The molecule has 1 amide bonds. The van der Waals surface area contributed by atoms with Gasteiger partial charge in [-0.3, -0.25) is 4.79 Å². The zero-order valence-corrected chi connectivity index (χ0v) is 13.0. The second kappa shape index (κ2) is 7.56. The molecule has 1 aromatic carbocycles. The highest BCUT2D eigenvalue weighted by Crippen LogP contribution is 2.15. The van der Waals surface area contributed by atoms with Crippen molar-refractivity contribution in [2.24, 2.45) is 0 Å². The normalized spacial score (nSPS) is 14.8. The first kappa shape index (κ1) is 15.9. The molecule has 0 spiro atoms. The summed E-state index contributed by atoms with van der Waals surface area (Å²) in [4.78, 5) is 29.5. The largest absolute Gasteiger partial charge is 0.424 e. The van der Waals surface area contributed by atoms with Gasteiger partial charge in [0.15, 0.2) is 0 Å². The Hall–Kier alpha value is -2.93. The summed E-state index contributed by atoms with van der Waals surface area (Å²) < 4.78 is 11.7. The molecule has 1 aromatic heterocycles. The Balaban J connectivity index is 1.63. The lowest BCUT2D eigenvalue weighted by Crippen LogP contribution is -2.39. The number of carbonyl (C=O) groups is 2. The molecule has 1 aliphatic rings. The molecule has 0 saturated carbocycles. The van der Waals surface area contributed by atoms with E-state index in [0.29, 0.717) is 32.1 Å². The number of ether oxygens (including phenoxy) is 2. The highest BCUT2D eigenvalue weighted by Gasteiger charge is 2.14. The topological polar surface area (TPSA) is 73.7 Å². The second-order valence-electron chi connectivity index (χ2n) is 5.18. The number of amides is 1. The van der Waals surface area contributed by atoms with Gasteiger partial charge in [0.2, 0.25) is 5.91 Å². The molecule has 7 nitrogen and oxygen atoms in total. The molecule has 0 N–H and O–H groups in total. The van der Waals surface area contributed by atoms with Crippen LogP contribution in [0.2, 0.25) is 0 Å². The molecule has 0 unspecified atom stereocenters. The molecule has 0 bridgehead atoms. The van der Waals surface area contributed by atoms with Crippen LogP contribution < -0.4 is 4.74 Å². The van der Waals surface area contributed by atoms with Crippen molar-refractivity contribution in [1.29, 1.82) is 0 Å². The molecular weight excluding hydrogens is 310 g/mol. The smallest absolute Gasteiger partial charge is 0.410 e. The number of rotatable bonds is 3. The number of nitrogens with zero attached hydrogens (tertiary/aromatic N) is 3. The number of hydrogen-bond acceptors (Lipinski definition) is 5. The van der Waals surface area contributed by atoms with Crippen LogP contribution in [0.15, 0.2) is 49.1 Å². The standard InChI is InChI=1S/C17H17N3O4/c21-16(19-8-10-23-11-9-19)5-4-14-2-1-3-15(12-14)24-17(22)20-7-6-18-13-20/h1-7,12-13H,8-11H2/b5-4+. The highest BCUT2D eigenvalue weighted by atomic mass is 16.6. The van der Waals surface area contributed by atoms with E-state index < -0.39 is 6.09 Å². The van der Waals surface area contributed by atoms with Crippen LogP contribution in [0.1, 0.15) is 5.56 Å². The van der Waals surface area contributed by atoms with Crippen LogP contribution >= 0.6 is 0 Å². The lowest BCUT2D eigenvalue weighted by Gasteiger charge is -2.25. The van der Waals surface area contributed by atoms with Crippen LogP contribution in [0, 0.1) is 0 Å². The predicted molar refractivity (Wildman–Crippen MR) is 86.5 cm³/mol. The molecule has 1 fully saturated rings. The van der Waals surface area contributed by atoms with Gasteiger partial charge in [-0.05, 0) is 23.8 Å². The van der Waals surface area contributed by atoms with E-state index in [1.54, 1.807) is 29.2 Å². The van der Waals surface area contributed by atoms with Crippen molar-refractivity contribution < 1.29 is 19.1 Å². The molecule has 124 valence electrons. The van der Waals surface area contributed by atoms with E-state index in [9.17, 15) is 9.59 Å². The van der Waals surface area contributed by atoms with Crippen molar-refractivity contribution in [2.45, 2.75) is 0 Å². The summed E-state index contributed by atoms with van der Waals surface area (Å²) in [5.74, 6) is 0.341. The number of imidazole rings is 1. The minimum absolute atomic E-state index is 0.0564. The maximum atomic E-state index is 12.1. The van der Waals surface area contributed by atoms with Crippen LogP contribution in [0.25, 0.3) is 6.08 Å². The third-order valence-electron chi connectivity index (χ3n) is 3.52. The van der Waals surface area contributed by atoms with E-state index in [1.165, 1.54) is 29.4 Å². The fourth-order valence-corrected chi connectivity index (χ4v) is 2.26. The Labute approximate surface area is 139 Å². The molecule has 24 heavy (non-hydrogen) atoms. The van der Waals surface area contributed by atoms with Crippen LogP contribution in [0.5, 0.6) is 5.75 Å². The fourth-order valence-electron chi connectivity index (χ4n) is 2.26. The summed E-state index contributed by atoms with van der Waals surface area (Å²) in [6.07, 6.45) is 7.05. The Morgan fingerprint density at radius 3 is 2.83 bits per heavy atom. The van der Waals surface area contributed by atoms with E-state index in [0.717, 1.165) is 5.56 Å². The third kappa shape index (κ3) is 4.08. The van der Waals surface area contributed by atoms with Gasteiger partial charge in [-0.1, -0.05) is 12.1 Å². The first-order valence-corrected chi connectivity index (χ1v) is 7.57. The van der Waals surface area contributed by atoms with Crippen LogP contribution in [-0.2, 0) is 9.53 Å². The SMILES string of the molecule is O=C(/C=C/c1cccc(OC(=O)n2ccnc2)c1)N1CCOCC1. The molecule has 2 heterocycles. The lowest BCUT2D eigenvalue weighted by atomic mass is 10.2. The van der Waals surface area contributed by atoms with Crippen molar-refractivity contribution in [2.75, 3.05) is 26.3 Å². The van der Waals surface area contributed by atoms with Gasteiger partial charge >= 0.3 is 6.09 Å². The van der Waals surface area contributed by atoms with Crippen molar-refractivity contribution in [1.82, 2.24) is 14.5 Å². The summed E-state index contributed by atoms with van der Waals surface area (Å²) >= 11 is 0. The average Bonchev–Trinajstić information content (AvgIpc) is 3.15. The molecule has 1 aliphatic heterocycles. The van der Waals surface area contributed by atoms with E-state index in [-0.39, 0.29) is 5.91 Å². The molecule has 3 rings (SSSR count). The van der Waals surface area contributed by atoms with Gasteiger partial charge in [-0.2, -0.15) is 0 Å². The maximum Gasteiger partial charge on any atom is 0.424 e. The molecule has 7 heteroatoms. The average molecular weight is 327 g/mol. The van der Waals surface area contributed by atoms with Gasteiger partial charge in [-0.15, -0.1) is 0 Å². The summed E-state index contributed by atoms with van der Waals surface area (Å²) in [7, 11) is 0. The van der Waals surface area contributed by atoms with Gasteiger partial charge in [0.25, 0.3) is 0 Å². The Bertz CT molecular complexity index is 734. The van der Waals surface area contributed by atoms with Gasteiger partial charge in [0, 0.05) is 31.6 Å². The van der Waals surface area contributed by atoms with Gasteiger partial charge in [-0.25, -0.2) is 14.3 Å². The summed E-state index contributed by atoms with van der Waals surface area (Å²) in [6, 6.07) is 6.96. The zero-order chi connectivity index (χ0) is 16.8. The van der Waals surface area contributed by atoms with E-state index in [2.05, 4.69) is 4.98 Å². The molecular formula is C17H17N3O4. The zero-order valence-electron chi connectivity index (χ0n) is 13.0. The highest BCUT2D eigenvalue weighted by molar-refractivity contribution is 5.91. The van der Waals surface area contributed by atoms with E-state index in [1.807, 2.05) is 6.07 Å². The van der Waals surface area contributed by atoms with Crippen molar-refractivity contribution in [3.63, 3.8) is 0 Å². The summed E-state index contributed by atoms with van der Waals surface area (Å²) in [5, 5.41) is 0. The Morgan fingerprint density at radius 1 is 1.25 bits per heavy atom. The number of morpholine rings is 1. The minimum atomic E-state index is -0.543. The van der Waals surface area contributed by atoms with Crippen LogP contribution in [0.4, 0.5) is 4.79 Å².